The zero-order valence-electron chi connectivity index (χ0n) is 10.8. The molecule has 2 N–H and O–H groups in total. The van der Waals surface area contributed by atoms with Crippen molar-refractivity contribution in [2.24, 2.45) is 5.92 Å². The van der Waals surface area contributed by atoms with Gasteiger partial charge in [0.2, 0.25) is 0 Å². The molecule has 18 heavy (non-hydrogen) atoms. The highest BCUT2D eigenvalue weighted by Gasteiger charge is 2.32. The average Bonchev–Trinajstić information content (AvgIpc) is 2.39. The van der Waals surface area contributed by atoms with E-state index in [1.165, 1.54) is 12.5 Å². The molecule has 0 spiro atoms. The van der Waals surface area contributed by atoms with Crippen molar-refractivity contribution in [2.75, 3.05) is 11.9 Å². The van der Waals surface area contributed by atoms with Gasteiger partial charge in [-0.15, -0.1) is 0 Å². The van der Waals surface area contributed by atoms with E-state index < -0.39 is 5.60 Å². The smallest absolute Gasteiger partial charge is 0.165 e. The van der Waals surface area contributed by atoms with Crippen LogP contribution in [0.5, 0.6) is 0 Å². The van der Waals surface area contributed by atoms with Crippen LogP contribution >= 0.6 is 0 Å². The van der Waals surface area contributed by atoms with Gasteiger partial charge in [0.15, 0.2) is 11.6 Å². The van der Waals surface area contributed by atoms with Crippen molar-refractivity contribution in [3.63, 3.8) is 0 Å². The fraction of sp³-hybridized carbons (Fsp3) is 0.643. The van der Waals surface area contributed by atoms with Crippen molar-refractivity contribution in [2.45, 2.75) is 44.6 Å². The quantitative estimate of drug-likeness (QED) is 0.866. The lowest BCUT2D eigenvalue weighted by atomic mass is 9.78. The number of pyridine rings is 1. The maximum absolute atomic E-state index is 13.4. The lowest BCUT2D eigenvalue weighted by Crippen LogP contribution is -2.40. The molecule has 1 heterocycles. The molecule has 0 amide bonds. The van der Waals surface area contributed by atoms with Gasteiger partial charge in [-0.3, -0.25) is 0 Å². The Labute approximate surface area is 107 Å². The minimum Gasteiger partial charge on any atom is -0.388 e. The van der Waals surface area contributed by atoms with Crippen molar-refractivity contribution in [1.29, 1.82) is 0 Å². The Bertz CT molecular complexity index is 389. The Hall–Kier alpha value is -1.16. The molecule has 1 fully saturated rings. The second-order valence-corrected chi connectivity index (χ2v) is 5.26. The topological polar surface area (TPSA) is 45.1 Å². The van der Waals surface area contributed by atoms with Gasteiger partial charge in [-0.25, -0.2) is 9.37 Å². The van der Waals surface area contributed by atoms with Crippen LogP contribution < -0.4 is 5.32 Å². The summed E-state index contributed by atoms with van der Waals surface area (Å²) in [6, 6.07) is 2.93. The zero-order chi connectivity index (χ0) is 13.0. The molecule has 0 radical (unpaired) electrons. The molecule has 0 atom stereocenters. The highest BCUT2D eigenvalue weighted by Crippen LogP contribution is 2.33. The van der Waals surface area contributed by atoms with Crippen LogP contribution in [0.2, 0.25) is 0 Å². The summed E-state index contributed by atoms with van der Waals surface area (Å²) in [5, 5.41) is 13.3. The van der Waals surface area contributed by atoms with Gasteiger partial charge in [0, 0.05) is 12.7 Å². The molecule has 0 saturated heterocycles. The van der Waals surface area contributed by atoms with Gasteiger partial charge >= 0.3 is 0 Å². The lowest BCUT2D eigenvalue weighted by Gasteiger charge is -2.36. The summed E-state index contributed by atoms with van der Waals surface area (Å²) in [4.78, 5) is 3.93. The molecule has 1 saturated carbocycles. The third-order valence-corrected chi connectivity index (χ3v) is 3.96. The predicted octanol–water partition coefficient (Wildman–Crippen LogP) is 2.96. The number of rotatable bonds is 4. The molecular formula is C14H21FN2O. The van der Waals surface area contributed by atoms with E-state index in [0.29, 0.717) is 6.54 Å². The van der Waals surface area contributed by atoms with E-state index in [0.717, 1.165) is 31.6 Å². The van der Waals surface area contributed by atoms with Crippen LogP contribution in [0.25, 0.3) is 0 Å². The number of halogens is 1. The van der Waals surface area contributed by atoms with Crippen LogP contribution in [0.15, 0.2) is 18.3 Å². The van der Waals surface area contributed by atoms with Crippen molar-refractivity contribution in [3.8, 4) is 0 Å². The molecule has 3 nitrogen and oxygen atoms in total. The SMILES string of the molecule is CCC1CCC(O)(CNc2ncccc2F)CC1. The molecular weight excluding hydrogens is 231 g/mol. The molecule has 1 aromatic heterocycles. The zero-order valence-corrected chi connectivity index (χ0v) is 10.8. The number of nitrogens with one attached hydrogen (secondary N) is 1. The third-order valence-electron chi connectivity index (χ3n) is 3.96. The first-order chi connectivity index (χ1) is 8.63. The number of anilines is 1. The maximum atomic E-state index is 13.4. The summed E-state index contributed by atoms with van der Waals surface area (Å²) in [6.45, 7) is 2.56. The van der Waals surface area contributed by atoms with E-state index in [2.05, 4.69) is 17.2 Å². The minimum absolute atomic E-state index is 0.225. The van der Waals surface area contributed by atoms with Crippen LogP contribution in [0.1, 0.15) is 39.0 Å². The van der Waals surface area contributed by atoms with Gasteiger partial charge in [-0.1, -0.05) is 13.3 Å². The van der Waals surface area contributed by atoms with Crippen LogP contribution in [-0.2, 0) is 0 Å². The first kappa shape index (κ1) is 13.3. The predicted molar refractivity (Wildman–Crippen MR) is 69.9 cm³/mol. The molecule has 1 aliphatic carbocycles. The van der Waals surface area contributed by atoms with Crippen molar-refractivity contribution >= 4 is 5.82 Å². The third kappa shape index (κ3) is 3.19. The van der Waals surface area contributed by atoms with Crippen LogP contribution in [0.4, 0.5) is 10.2 Å². The van der Waals surface area contributed by atoms with Crippen molar-refractivity contribution in [1.82, 2.24) is 4.98 Å². The second-order valence-electron chi connectivity index (χ2n) is 5.26. The van der Waals surface area contributed by atoms with Crippen LogP contribution in [0.3, 0.4) is 0 Å². The molecule has 100 valence electrons. The number of nitrogens with zero attached hydrogens (tertiary/aromatic N) is 1. The molecule has 0 unspecified atom stereocenters. The largest absolute Gasteiger partial charge is 0.388 e. The van der Waals surface area contributed by atoms with E-state index in [-0.39, 0.29) is 11.6 Å². The molecule has 2 rings (SSSR count). The number of aliphatic hydroxyl groups is 1. The molecule has 4 heteroatoms. The Kier molecular flexibility index (Phi) is 4.17. The summed E-state index contributed by atoms with van der Waals surface area (Å²) in [5.74, 6) is 0.587. The first-order valence-corrected chi connectivity index (χ1v) is 6.70. The van der Waals surface area contributed by atoms with Crippen LogP contribution in [0, 0.1) is 11.7 Å². The minimum atomic E-state index is -0.713. The molecule has 0 aromatic carbocycles. The fourth-order valence-electron chi connectivity index (χ4n) is 2.56. The summed E-state index contributed by atoms with van der Waals surface area (Å²) in [6.07, 6.45) is 6.40. The normalized spacial score (nSPS) is 28.1. The van der Waals surface area contributed by atoms with E-state index in [9.17, 15) is 9.50 Å². The Morgan fingerprint density at radius 3 is 2.83 bits per heavy atom. The number of hydrogen-bond acceptors (Lipinski definition) is 3. The standard InChI is InChI=1S/C14H21FN2O/c1-2-11-5-7-14(18,8-6-11)10-17-13-12(15)4-3-9-16-13/h3-4,9,11,18H,2,5-8,10H2,1H3,(H,16,17). The maximum Gasteiger partial charge on any atom is 0.165 e. The Balaban J connectivity index is 1.88. The fourth-order valence-corrected chi connectivity index (χ4v) is 2.56. The van der Waals surface area contributed by atoms with Crippen molar-refractivity contribution < 1.29 is 9.50 Å². The number of hydrogen-bond donors (Lipinski definition) is 2. The lowest BCUT2D eigenvalue weighted by molar-refractivity contribution is 0.00218. The van der Waals surface area contributed by atoms with Gasteiger partial charge in [0.25, 0.3) is 0 Å². The highest BCUT2D eigenvalue weighted by atomic mass is 19.1. The Morgan fingerprint density at radius 1 is 1.50 bits per heavy atom. The summed E-state index contributed by atoms with van der Waals surface area (Å²) < 4.78 is 13.4. The second kappa shape index (κ2) is 5.65. The van der Waals surface area contributed by atoms with Gasteiger partial charge in [-0.2, -0.15) is 0 Å². The van der Waals surface area contributed by atoms with E-state index >= 15 is 0 Å². The number of aromatic nitrogens is 1. The summed E-state index contributed by atoms with van der Waals surface area (Å²) >= 11 is 0. The monoisotopic (exact) mass is 252 g/mol. The molecule has 0 aliphatic heterocycles. The highest BCUT2D eigenvalue weighted by molar-refractivity contribution is 5.35. The molecule has 1 aromatic rings. The molecule has 1 aliphatic rings. The van der Waals surface area contributed by atoms with Crippen LogP contribution in [-0.4, -0.2) is 22.2 Å². The van der Waals surface area contributed by atoms with E-state index in [4.69, 9.17) is 0 Å². The summed E-state index contributed by atoms with van der Waals surface area (Å²) in [7, 11) is 0. The van der Waals surface area contributed by atoms with E-state index in [1.54, 1.807) is 12.3 Å². The average molecular weight is 252 g/mol. The van der Waals surface area contributed by atoms with Crippen molar-refractivity contribution in [3.05, 3.63) is 24.1 Å². The first-order valence-electron chi connectivity index (χ1n) is 6.70. The van der Waals surface area contributed by atoms with Gasteiger partial charge in [0.05, 0.1) is 5.60 Å². The van der Waals surface area contributed by atoms with Gasteiger partial charge in [0.1, 0.15) is 0 Å². The molecule has 0 bridgehead atoms. The Morgan fingerprint density at radius 2 is 2.22 bits per heavy atom. The summed E-state index contributed by atoms with van der Waals surface area (Å²) in [5.41, 5.74) is -0.713. The van der Waals surface area contributed by atoms with Gasteiger partial charge < -0.3 is 10.4 Å². The van der Waals surface area contributed by atoms with E-state index in [1.807, 2.05) is 0 Å². The van der Waals surface area contributed by atoms with Gasteiger partial charge in [-0.05, 0) is 43.7 Å².